The Balaban J connectivity index is 1.66. The summed E-state index contributed by atoms with van der Waals surface area (Å²) in [6, 6.07) is 9.12. The third-order valence-corrected chi connectivity index (χ3v) is 5.09. The number of rotatable bonds is 8. The molecule has 0 fully saturated rings. The number of benzene rings is 2. The van der Waals surface area contributed by atoms with E-state index >= 15 is 0 Å². The van der Waals surface area contributed by atoms with E-state index in [1.54, 1.807) is 19.1 Å². The molecule has 0 atom stereocenters. The molecular weight excluding hydrogens is 444 g/mol. The van der Waals surface area contributed by atoms with Gasteiger partial charge in [0.15, 0.2) is 12.4 Å². The maximum Gasteiger partial charge on any atom is 0.344 e. The Morgan fingerprint density at radius 3 is 2.58 bits per heavy atom. The van der Waals surface area contributed by atoms with Crippen LogP contribution in [0.25, 0.3) is 0 Å². The molecule has 2 aromatic rings. The summed E-state index contributed by atoms with van der Waals surface area (Å²) in [5.74, 6) is -1.27. The van der Waals surface area contributed by atoms with Crippen LogP contribution in [0.5, 0.6) is 5.75 Å². The summed E-state index contributed by atoms with van der Waals surface area (Å²) in [6.45, 7) is 1.69. The third-order valence-electron chi connectivity index (χ3n) is 4.59. The van der Waals surface area contributed by atoms with Crippen LogP contribution >= 0.6 is 24.4 Å². The molecule has 2 aromatic carbocycles. The van der Waals surface area contributed by atoms with Gasteiger partial charge in [-0.25, -0.2) is 4.79 Å². The lowest BCUT2D eigenvalue weighted by atomic mass is 10.1. The number of hydrogen-bond acceptors (Lipinski definition) is 7. The number of nitrogens with zero attached hydrogens (tertiary/aromatic N) is 1. The number of esters is 1. The zero-order chi connectivity index (χ0) is 22.5. The summed E-state index contributed by atoms with van der Waals surface area (Å²) in [5.41, 5.74) is 1.78. The lowest BCUT2D eigenvalue weighted by Crippen LogP contribution is -2.30. The van der Waals surface area contributed by atoms with Gasteiger partial charge in [-0.1, -0.05) is 24.4 Å². The Hall–Kier alpha value is -3.04. The molecule has 1 aliphatic heterocycles. The monoisotopic (exact) mass is 462 g/mol. The molecule has 0 radical (unpaired) electrons. The highest BCUT2D eigenvalue weighted by molar-refractivity contribution is 7.78. The van der Waals surface area contributed by atoms with Crippen molar-refractivity contribution < 1.29 is 28.7 Å². The Morgan fingerprint density at radius 2 is 1.90 bits per heavy atom. The highest BCUT2D eigenvalue weighted by Gasteiger charge is 2.29. The van der Waals surface area contributed by atoms with Gasteiger partial charge in [-0.3, -0.25) is 19.1 Å². The van der Waals surface area contributed by atoms with E-state index in [-0.39, 0.29) is 54.7 Å². The second kappa shape index (κ2) is 9.84. The molecule has 8 nitrogen and oxygen atoms in total. The minimum atomic E-state index is -0.527. The number of carbonyl (C=O) groups excluding carboxylic acids is 4. The van der Waals surface area contributed by atoms with Gasteiger partial charge in [0, 0.05) is 23.2 Å². The molecular formula is C21H19ClN2O6S. The molecule has 0 spiro atoms. The smallest absolute Gasteiger partial charge is 0.344 e. The van der Waals surface area contributed by atoms with Crippen LogP contribution in [0, 0.1) is 0 Å². The molecule has 0 aliphatic carbocycles. The van der Waals surface area contributed by atoms with Crippen molar-refractivity contribution in [2.45, 2.75) is 13.5 Å². The Kier molecular flexibility index (Phi) is 7.19. The SMILES string of the molecule is CCOC(=O)COc1ccc(C(=O)CN2Cc3cc(C(=O)NS)ccc3C2=O)cc1Cl. The lowest BCUT2D eigenvalue weighted by Gasteiger charge is -2.15. The maximum absolute atomic E-state index is 12.7. The predicted octanol–water partition coefficient (Wildman–Crippen LogP) is 2.70. The second-order valence-corrected chi connectivity index (χ2v) is 7.27. The quantitative estimate of drug-likeness (QED) is 0.355. The zero-order valence-corrected chi connectivity index (χ0v) is 18.2. The molecule has 0 bridgehead atoms. The van der Waals surface area contributed by atoms with Crippen molar-refractivity contribution in [1.82, 2.24) is 9.62 Å². The largest absolute Gasteiger partial charge is 0.480 e. The first-order valence-electron chi connectivity index (χ1n) is 9.31. The van der Waals surface area contributed by atoms with Crippen molar-refractivity contribution in [3.05, 3.63) is 63.7 Å². The van der Waals surface area contributed by atoms with E-state index in [2.05, 4.69) is 17.5 Å². The second-order valence-electron chi connectivity index (χ2n) is 6.64. The van der Waals surface area contributed by atoms with Gasteiger partial charge < -0.3 is 14.4 Å². The van der Waals surface area contributed by atoms with Crippen molar-refractivity contribution >= 4 is 48.0 Å². The number of halogens is 1. The highest BCUT2D eigenvalue weighted by atomic mass is 35.5. The van der Waals surface area contributed by atoms with E-state index < -0.39 is 5.97 Å². The highest BCUT2D eigenvalue weighted by Crippen LogP contribution is 2.27. The van der Waals surface area contributed by atoms with Crippen LogP contribution in [0.2, 0.25) is 5.02 Å². The third kappa shape index (κ3) is 5.18. The fourth-order valence-corrected chi connectivity index (χ4v) is 3.47. The van der Waals surface area contributed by atoms with Gasteiger partial charge in [-0.15, -0.1) is 0 Å². The Morgan fingerprint density at radius 1 is 1.16 bits per heavy atom. The summed E-state index contributed by atoms with van der Waals surface area (Å²) in [7, 11) is 0. The van der Waals surface area contributed by atoms with Crippen molar-refractivity contribution in [2.75, 3.05) is 19.8 Å². The Bertz CT molecular complexity index is 1060. The number of nitrogens with one attached hydrogen (secondary N) is 1. The number of thiol groups is 1. The van der Waals surface area contributed by atoms with Gasteiger partial charge in [-0.05, 0) is 48.9 Å². The molecule has 0 saturated heterocycles. The first kappa shape index (κ1) is 22.6. The van der Waals surface area contributed by atoms with Gasteiger partial charge in [0.2, 0.25) is 0 Å². The molecule has 162 valence electrons. The van der Waals surface area contributed by atoms with E-state index in [9.17, 15) is 19.2 Å². The average molecular weight is 463 g/mol. The van der Waals surface area contributed by atoms with Crippen LogP contribution < -0.4 is 9.46 Å². The van der Waals surface area contributed by atoms with Crippen molar-refractivity contribution in [3.63, 3.8) is 0 Å². The molecule has 0 unspecified atom stereocenters. The molecule has 3 rings (SSSR count). The average Bonchev–Trinajstić information content (AvgIpc) is 3.06. The van der Waals surface area contributed by atoms with E-state index in [0.29, 0.717) is 22.3 Å². The van der Waals surface area contributed by atoms with Crippen LogP contribution in [-0.4, -0.2) is 48.2 Å². The minimum Gasteiger partial charge on any atom is -0.480 e. The van der Waals surface area contributed by atoms with Crippen LogP contribution in [0.3, 0.4) is 0 Å². The molecule has 1 heterocycles. The number of carbonyl (C=O) groups is 4. The molecule has 10 heteroatoms. The summed E-state index contributed by atoms with van der Waals surface area (Å²) in [5, 5.41) is 0.161. The fourth-order valence-electron chi connectivity index (χ4n) is 3.11. The van der Waals surface area contributed by atoms with Crippen molar-refractivity contribution in [2.24, 2.45) is 0 Å². The summed E-state index contributed by atoms with van der Waals surface area (Å²) in [6.07, 6.45) is 0. The van der Waals surface area contributed by atoms with Gasteiger partial charge in [-0.2, -0.15) is 0 Å². The minimum absolute atomic E-state index is 0.152. The number of ketones is 1. The van der Waals surface area contributed by atoms with E-state index in [0.717, 1.165) is 0 Å². The molecule has 1 aliphatic rings. The number of hydrogen-bond donors (Lipinski definition) is 2. The molecule has 0 aromatic heterocycles. The van der Waals surface area contributed by atoms with Crippen LogP contribution in [0.15, 0.2) is 36.4 Å². The molecule has 2 amide bonds. The number of amides is 2. The first-order chi connectivity index (χ1) is 14.8. The van der Waals surface area contributed by atoms with Gasteiger partial charge >= 0.3 is 5.97 Å². The summed E-state index contributed by atoms with van der Waals surface area (Å²) in [4.78, 5) is 49.8. The number of Topliss-reactive ketones (excluding diaryl/α,β-unsaturated/α-hetero) is 1. The first-order valence-corrected chi connectivity index (χ1v) is 10.1. The van der Waals surface area contributed by atoms with Crippen LogP contribution in [-0.2, 0) is 16.1 Å². The molecule has 0 saturated carbocycles. The normalized spacial score (nSPS) is 12.4. The van der Waals surface area contributed by atoms with Gasteiger partial charge in [0.25, 0.3) is 11.8 Å². The van der Waals surface area contributed by atoms with E-state index in [1.807, 2.05) is 0 Å². The molecule has 31 heavy (non-hydrogen) atoms. The number of fused-ring (bicyclic) bond motifs is 1. The van der Waals surface area contributed by atoms with Crippen LogP contribution in [0.1, 0.15) is 43.6 Å². The van der Waals surface area contributed by atoms with Crippen molar-refractivity contribution in [1.29, 1.82) is 0 Å². The zero-order valence-electron chi connectivity index (χ0n) is 16.5. The summed E-state index contributed by atoms with van der Waals surface area (Å²) >= 11 is 9.90. The Labute approximate surface area is 189 Å². The topological polar surface area (TPSA) is 102 Å². The van der Waals surface area contributed by atoms with Crippen molar-refractivity contribution in [3.8, 4) is 5.75 Å². The predicted molar refractivity (Wildman–Crippen MR) is 116 cm³/mol. The van der Waals surface area contributed by atoms with Gasteiger partial charge in [0.05, 0.1) is 18.2 Å². The van der Waals surface area contributed by atoms with Gasteiger partial charge in [0.1, 0.15) is 5.75 Å². The number of ether oxygens (including phenoxy) is 2. The standard InChI is InChI=1S/C21H19ClN2O6S/c1-2-29-19(26)11-30-18-6-4-12(8-16(18)22)17(25)10-24-9-14-7-13(20(27)23-31)3-5-15(14)21(24)28/h3-8,31H,2,9-11H2,1H3,(H,23,27). The van der Waals surface area contributed by atoms with E-state index in [4.69, 9.17) is 21.1 Å². The van der Waals surface area contributed by atoms with Crippen LogP contribution in [0.4, 0.5) is 0 Å². The fraction of sp³-hybridized carbons (Fsp3) is 0.238. The lowest BCUT2D eigenvalue weighted by molar-refractivity contribution is -0.145. The maximum atomic E-state index is 12.7. The molecule has 1 N–H and O–H groups in total. The summed E-state index contributed by atoms with van der Waals surface area (Å²) < 4.78 is 12.3. The van der Waals surface area contributed by atoms with E-state index in [1.165, 1.54) is 29.2 Å².